The number of halogens is 1. The van der Waals surface area contributed by atoms with Crippen molar-refractivity contribution in [3.05, 3.63) is 59.2 Å². The predicted molar refractivity (Wildman–Crippen MR) is 118 cm³/mol. The Bertz CT molecular complexity index is 1220. The maximum absolute atomic E-state index is 14.3. The van der Waals surface area contributed by atoms with Crippen molar-refractivity contribution >= 4 is 15.8 Å². The van der Waals surface area contributed by atoms with E-state index < -0.39 is 16.0 Å². The summed E-state index contributed by atoms with van der Waals surface area (Å²) in [6, 6.07) is 9.73. The summed E-state index contributed by atoms with van der Waals surface area (Å²) in [6.07, 6.45) is 2.87. The Morgan fingerprint density at radius 1 is 1.23 bits per heavy atom. The van der Waals surface area contributed by atoms with E-state index in [1.165, 1.54) is 19.2 Å². The number of anilines is 1. The summed E-state index contributed by atoms with van der Waals surface area (Å²) in [5.41, 5.74) is 4.64. The lowest BCUT2D eigenvalue weighted by Crippen LogP contribution is -2.21. The molecule has 1 aliphatic carbocycles. The molecule has 2 heterocycles. The standard InChI is InChI=1S/C22H26FN5O2S/c1-22(2)8-7-17-18(12-22)27-28-21(17)15-10-19(23)26-20(11-15)25-13-14-5-4-6-16(9-14)31(29,30)24-3/h4-6,9-11,24H,7-8,12-13H2,1-3H3,(H,25,26)(H,27,28). The first-order chi connectivity index (χ1) is 14.7. The molecule has 0 atom stereocenters. The molecule has 0 fully saturated rings. The van der Waals surface area contributed by atoms with E-state index in [0.29, 0.717) is 17.9 Å². The van der Waals surface area contributed by atoms with E-state index in [1.54, 1.807) is 24.3 Å². The van der Waals surface area contributed by atoms with Crippen molar-refractivity contribution in [1.82, 2.24) is 19.9 Å². The smallest absolute Gasteiger partial charge is 0.240 e. The van der Waals surface area contributed by atoms with Gasteiger partial charge in [-0.3, -0.25) is 5.10 Å². The average Bonchev–Trinajstić information content (AvgIpc) is 3.14. The van der Waals surface area contributed by atoms with Crippen molar-refractivity contribution in [2.45, 2.75) is 44.6 Å². The molecule has 3 N–H and O–H groups in total. The number of nitrogens with one attached hydrogen (secondary N) is 3. The van der Waals surface area contributed by atoms with Gasteiger partial charge in [-0.15, -0.1) is 0 Å². The van der Waals surface area contributed by atoms with Crippen LogP contribution < -0.4 is 10.0 Å². The Hall–Kier alpha value is -2.78. The van der Waals surface area contributed by atoms with Crippen molar-refractivity contribution < 1.29 is 12.8 Å². The number of aromatic amines is 1. The van der Waals surface area contributed by atoms with Crippen LogP contribution in [0, 0.1) is 11.4 Å². The van der Waals surface area contributed by atoms with Crippen molar-refractivity contribution in [2.75, 3.05) is 12.4 Å². The Labute approximate surface area is 181 Å². The summed E-state index contributed by atoms with van der Waals surface area (Å²) in [5.74, 6) is -0.232. The molecule has 0 saturated carbocycles. The molecule has 1 aliphatic rings. The van der Waals surface area contributed by atoms with Gasteiger partial charge in [-0.1, -0.05) is 26.0 Å². The highest BCUT2D eigenvalue weighted by atomic mass is 32.2. The number of pyridine rings is 1. The molecule has 1 aromatic carbocycles. The third kappa shape index (κ3) is 4.62. The molecule has 0 saturated heterocycles. The molecule has 0 amide bonds. The van der Waals surface area contributed by atoms with Crippen LogP contribution in [0.4, 0.5) is 10.2 Å². The molecule has 0 radical (unpaired) electrons. The number of hydrogen-bond donors (Lipinski definition) is 3. The number of sulfonamides is 1. The molecule has 31 heavy (non-hydrogen) atoms. The molecule has 0 aliphatic heterocycles. The quantitative estimate of drug-likeness (QED) is 0.505. The second-order valence-corrected chi connectivity index (χ2v) is 10.5. The predicted octanol–water partition coefficient (Wildman–Crippen LogP) is 3.65. The number of aromatic nitrogens is 3. The first-order valence-corrected chi connectivity index (χ1v) is 11.7. The van der Waals surface area contributed by atoms with Crippen LogP contribution >= 0.6 is 0 Å². The monoisotopic (exact) mass is 443 g/mol. The summed E-state index contributed by atoms with van der Waals surface area (Å²) in [5, 5.41) is 10.7. The van der Waals surface area contributed by atoms with Gasteiger partial charge in [0.15, 0.2) is 0 Å². The fourth-order valence-corrected chi connectivity index (χ4v) is 4.74. The van der Waals surface area contributed by atoms with Gasteiger partial charge in [-0.25, -0.2) is 18.1 Å². The minimum absolute atomic E-state index is 0.174. The van der Waals surface area contributed by atoms with Crippen molar-refractivity contribution in [2.24, 2.45) is 5.41 Å². The molecule has 0 spiro atoms. The Kier molecular flexibility index (Phi) is 5.57. The minimum Gasteiger partial charge on any atom is -0.366 e. The van der Waals surface area contributed by atoms with Gasteiger partial charge in [-0.2, -0.15) is 9.49 Å². The van der Waals surface area contributed by atoms with Gasteiger partial charge < -0.3 is 5.32 Å². The maximum atomic E-state index is 14.3. The highest BCUT2D eigenvalue weighted by Gasteiger charge is 2.29. The van der Waals surface area contributed by atoms with Crippen LogP contribution in [0.3, 0.4) is 0 Å². The van der Waals surface area contributed by atoms with Crippen LogP contribution in [-0.2, 0) is 29.4 Å². The zero-order valence-electron chi connectivity index (χ0n) is 17.8. The number of H-pyrrole nitrogens is 1. The Morgan fingerprint density at radius 3 is 2.81 bits per heavy atom. The largest absolute Gasteiger partial charge is 0.366 e. The zero-order chi connectivity index (χ0) is 22.2. The third-order valence-electron chi connectivity index (χ3n) is 5.68. The van der Waals surface area contributed by atoms with Gasteiger partial charge in [0.05, 0.1) is 10.6 Å². The fraction of sp³-hybridized carbons (Fsp3) is 0.364. The molecule has 0 unspecified atom stereocenters. The summed E-state index contributed by atoms with van der Waals surface area (Å²) in [6.45, 7) is 4.78. The van der Waals surface area contributed by atoms with Gasteiger partial charge in [0.2, 0.25) is 16.0 Å². The van der Waals surface area contributed by atoms with Crippen LogP contribution in [0.2, 0.25) is 0 Å². The van der Waals surface area contributed by atoms with Crippen LogP contribution in [0.5, 0.6) is 0 Å². The lowest BCUT2D eigenvalue weighted by atomic mass is 9.76. The second kappa shape index (κ2) is 8.05. The third-order valence-corrected chi connectivity index (χ3v) is 7.09. The highest BCUT2D eigenvalue weighted by molar-refractivity contribution is 7.89. The van der Waals surface area contributed by atoms with Crippen LogP contribution in [0.1, 0.15) is 37.1 Å². The lowest BCUT2D eigenvalue weighted by molar-refractivity contribution is 0.312. The lowest BCUT2D eigenvalue weighted by Gasteiger charge is -2.29. The molecule has 3 aromatic rings. The minimum atomic E-state index is -3.53. The summed E-state index contributed by atoms with van der Waals surface area (Å²) >= 11 is 0. The molecule has 2 aromatic heterocycles. The van der Waals surface area contributed by atoms with Gasteiger partial charge in [0.25, 0.3) is 0 Å². The summed E-state index contributed by atoms with van der Waals surface area (Å²) < 4.78 is 40.6. The van der Waals surface area contributed by atoms with Crippen molar-refractivity contribution in [3.8, 4) is 11.3 Å². The van der Waals surface area contributed by atoms with Crippen molar-refractivity contribution in [1.29, 1.82) is 0 Å². The first-order valence-electron chi connectivity index (χ1n) is 10.2. The van der Waals surface area contributed by atoms with E-state index in [0.717, 1.165) is 41.8 Å². The molecule has 0 bridgehead atoms. The van der Waals surface area contributed by atoms with Gasteiger partial charge >= 0.3 is 0 Å². The molecule has 9 heteroatoms. The van der Waals surface area contributed by atoms with Gasteiger partial charge in [0.1, 0.15) is 5.82 Å². The van der Waals surface area contributed by atoms with E-state index in [-0.39, 0.29) is 10.3 Å². The number of nitrogens with zero attached hydrogens (tertiary/aromatic N) is 2. The Balaban J connectivity index is 1.57. The zero-order valence-corrected chi connectivity index (χ0v) is 18.6. The molecule has 7 nitrogen and oxygen atoms in total. The fourth-order valence-electron chi connectivity index (χ4n) is 3.94. The highest BCUT2D eigenvalue weighted by Crippen LogP contribution is 2.38. The normalized spacial score (nSPS) is 15.5. The SMILES string of the molecule is CNS(=O)(=O)c1cccc(CNc2cc(-c3n[nH]c4c3CCC(C)(C)C4)cc(F)n2)c1. The van der Waals surface area contributed by atoms with E-state index in [4.69, 9.17) is 0 Å². The van der Waals surface area contributed by atoms with E-state index in [1.807, 2.05) is 0 Å². The number of benzene rings is 1. The average molecular weight is 444 g/mol. The first kappa shape index (κ1) is 21.5. The number of hydrogen-bond acceptors (Lipinski definition) is 5. The van der Waals surface area contributed by atoms with Crippen LogP contribution in [0.25, 0.3) is 11.3 Å². The van der Waals surface area contributed by atoms with E-state index in [2.05, 4.69) is 39.1 Å². The second-order valence-electron chi connectivity index (χ2n) is 8.64. The summed E-state index contributed by atoms with van der Waals surface area (Å²) in [4.78, 5) is 4.11. The number of fused-ring (bicyclic) bond motifs is 1. The molecular weight excluding hydrogens is 417 g/mol. The number of rotatable bonds is 6. The van der Waals surface area contributed by atoms with Gasteiger partial charge in [-0.05, 0) is 55.5 Å². The summed E-state index contributed by atoms with van der Waals surface area (Å²) in [7, 11) is -2.16. The van der Waals surface area contributed by atoms with E-state index >= 15 is 0 Å². The Morgan fingerprint density at radius 2 is 2.03 bits per heavy atom. The van der Waals surface area contributed by atoms with E-state index in [9.17, 15) is 12.8 Å². The molecule has 4 rings (SSSR count). The molecule has 164 valence electrons. The molecular formula is C22H26FN5O2S. The van der Waals surface area contributed by atoms with Gasteiger partial charge in [0, 0.05) is 29.4 Å². The maximum Gasteiger partial charge on any atom is 0.240 e. The topological polar surface area (TPSA) is 99.8 Å². The van der Waals surface area contributed by atoms with Crippen LogP contribution in [0.15, 0.2) is 41.3 Å². The van der Waals surface area contributed by atoms with Crippen molar-refractivity contribution in [3.63, 3.8) is 0 Å². The van der Waals surface area contributed by atoms with Crippen LogP contribution in [-0.4, -0.2) is 30.6 Å².